The van der Waals surface area contributed by atoms with Gasteiger partial charge in [-0.05, 0) is 36.4 Å². The summed E-state index contributed by atoms with van der Waals surface area (Å²) in [6.45, 7) is 0.137. The maximum atomic E-state index is 12.5. The van der Waals surface area contributed by atoms with Crippen LogP contribution in [-0.4, -0.2) is 21.8 Å². The van der Waals surface area contributed by atoms with Gasteiger partial charge < -0.3 is 23.9 Å². The van der Waals surface area contributed by atoms with Crippen molar-refractivity contribution in [2.45, 2.75) is 0 Å². The van der Waals surface area contributed by atoms with Gasteiger partial charge in [-0.3, -0.25) is 14.4 Å². The van der Waals surface area contributed by atoms with Crippen molar-refractivity contribution in [2.75, 3.05) is 12.1 Å². The fourth-order valence-electron chi connectivity index (χ4n) is 2.90. The highest BCUT2D eigenvalue weighted by Crippen LogP contribution is 2.32. The number of fused-ring (bicyclic) bond motifs is 2. The van der Waals surface area contributed by atoms with E-state index in [1.54, 1.807) is 36.4 Å². The third kappa shape index (κ3) is 2.43. The summed E-state index contributed by atoms with van der Waals surface area (Å²) in [5, 5.41) is 2.78. The summed E-state index contributed by atoms with van der Waals surface area (Å²) < 4.78 is 13.1. The maximum absolute atomic E-state index is 12.5. The predicted octanol–water partition coefficient (Wildman–Crippen LogP) is 1.22. The molecule has 4 rings (SSSR count). The van der Waals surface area contributed by atoms with E-state index < -0.39 is 11.1 Å². The molecule has 0 bridgehead atoms. The smallest absolute Gasteiger partial charge is 0.316 e. The van der Waals surface area contributed by atoms with Crippen molar-refractivity contribution >= 4 is 22.6 Å². The fourth-order valence-corrected chi connectivity index (χ4v) is 2.90. The number of rotatable bonds is 2. The van der Waals surface area contributed by atoms with Crippen LogP contribution in [0.15, 0.2) is 46.0 Å². The topological polar surface area (TPSA) is 91.6 Å². The Kier molecular flexibility index (Phi) is 3.54. The number of nitrogens with zero attached hydrogens (tertiary/aromatic N) is 2. The van der Waals surface area contributed by atoms with Gasteiger partial charge in [-0.15, -0.1) is 0 Å². The van der Waals surface area contributed by atoms with E-state index in [0.717, 1.165) is 0 Å². The number of nitrogens with one attached hydrogen (secondary N) is 1. The van der Waals surface area contributed by atoms with Crippen LogP contribution in [0.1, 0.15) is 10.4 Å². The van der Waals surface area contributed by atoms with E-state index in [-0.39, 0.29) is 12.7 Å². The Labute approximate surface area is 147 Å². The van der Waals surface area contributed by atoms with E-state index in [2.05, 4.69) is 5.32 Å². The van der Waals surface area contributed by atoms with Crippen LogP contribution < -0.4 is 25.9 Å². The average Bonchev–Trinajstić information content (AvgIpc) is 3.12. The minimum atomic E-state index is -0.626. The number of anilines is 1. The number of amides is 1. The lowest BCUT2D eigenvalue weighted by Crippen LogP contribution is -2.39. The monoisotopic (exact) mass is 353 g/mol. The molecule has 1 aliphatic heterocycles. The Morgan fingerprint density at radius 1 is 0.923 bits per heavy atom. The molecule has 1 aliphatic rings. The van der Waals surface area contributed by atoms with Crippen LogP contribution in [0.25, 0.3) is 11.0 Å². The second-order valence-corrected chi connectivity index (χ2v) is 5.95. The van der Waals surface area contributed by atoms with Crippen molar-refractivity contribution in [1.29, 1.82) is 0 Å². The van der Waals surface area contributed by atoms with Gasteiger partial charge in [-0.2, -0.15) is 0 Å². The molecule has 2 aromatic carbocycles. The highest BCUT2D eigenvalue weighted by molar-refractivity contribution is 6.05. The number of aryl methyl sites for hydroxylation is 2. The Bertz CT molecular complexity index is 1180. The number of aromatic nitrogens is 2. The van der Waals surface area contributed by atoms with Crippen molar-refractivity contribution < 1.29 is 14.3 Å². The maximum Gasteiger partial charge on any atom is 0.316 e. The van der Waals surface area contributed by atoms with Crippen LogP contribution in [-0.2, 0) is 14.1 Å². The van der Waals surface area contributed by atoms with Gasteiger partial charge in [-0.25, -0.2) is 0 Å². The van der Waals surface area contributed by atoms with Crippen molar-refractivity contribution in [3.05, 3.63) is 62.7 Å². The molecule has 1 aromatic heterocycles. The summed E-state index contributed by atoms with van der Waals surface area (Å²) in [5.74, 6) is 0.800. The Morgan fingerprint density at radius 3 is 2.38 bits per heavy atom. The van der Waals surface area contributed by atoms with E-state index in [4.69, 9.17) is 9.47 Å². The standard InChI is InChI=1S/C18H15N3O5/c1-20-12-5-4-11(8-13(12)21(2)18(24)17(20)23)19-16(22)10-3-6-14-15(7-10)26-9-25-14/h3-8H,9H2,1-2H3,(H,19,22). The van der Waals surface area contributed by atoms with Crippen LogP contribution in [0.5, 0.6) is 11.5 Å². The first kappa shape index (κ1) is 15.9. The minimum absolute atomic E-state index is 0.137. The molecule has 132 valence electrons. The molecular weight excluding hydrogens is 338 g/mol. The largest absolute Gasteiger partial charge is 0.454 e. The lowest BCUT2D eigenvalue weighted by atomic mass is 10.1. The first-order chi connectivity index (χ1) is 12.5. The summed E-state index contributed by atoms with van der Waals surface area (Å²) >= 11 is 0. The van der Waals surface area contributed by atoms with Crippen molar-refractivity contribution in [2.24, 2.45) is 14.1 Å². The highest BCUT2D eigenvalue weighted by atomic mass is 16.7. The second kappa shape index (κ2) is 5.76. The molecule has 0 aliphatic carbocycles. The Balaban J connectivity index is 1.70. The first-order valence-corrected chi connectivity index (χ1v) is 7.86. The molecule has 2 heterocycles. The molecule has 0 saturated heterocycles. The zero-order valence-corrected chi connectivity index (χ0v) is 14.1. The van der Waals surface area contributed by atoms with Gasteiger partial charge >= 0.3 is 11.1 Å². The van der Waals surface area contributed by atoms with Gasteiger partial charge in [0.2, 0.25) is 6.79 Å². The van der Waals surface area contributed by atoms with E-state index in [0.29, 0.717) is 33.8 Å². The number of hydrogen-bond donors (Lipinski definition) is 1. The summed E-state index contributed by atoms with van der Waals surface area (Å²) in [6, 6.07) is 9.95. The lowest BCUT2D eigenvalue weighted by Gasteiger charge is -2.11. The van der Waals surface area contributed by atoms with E-state index >= 15 is 0 Å². The normalized spacial score (nSPS) is 12.4. The minimum Gasteiger partial charge on any atom is -0.454 e. The summed E-state index contributed by atoms with van der Waals surface area (Å²) in [5.41, 5.74) is 0.840. The second-order valence-electron chi connectivity index (χ2n) is 5.95. The van der Waals surface area contributed by atoms with Crippen LogP contribution in [0.3, 0.4) is 0 Å². The highest BCUT2D eigenvalue weighted by Gasteiger charge is 2.17. The zero-order valence-electron chi connectivity index (χ0n) is 14.1. The third-order valence-corrected chi connectivity index (χ3v) is 4.38. The fraction of sp³-hybridized carbons (Fsp3) is 0.167. The van der Waals surface area contributed by atoms with E-state index in [1.807, 2.05) is 0 Å². The summed E-state index contributed by atoms with van der Waals surface area (Å²) in [7, 11) is 3.06. The quantitative estimate of drug-likeness (QED) is 0.700. The molecule has 26 heavy (non-hydrogen) atoms. The zero-order chi connectivity index (χ0) is 18.4. The number of ether oxygens (including phenoxy) is 2. The molecule has 0 fully saturated rings. The number of carbonyl (C=O) groups is 1. The van der Waals surface area contributed by atoms with Gasteiger partial charge in [-0.1, -0.05) is 0 Å². The lowest BCUT2D eigenvalue weighted by molar-refractivity contribution is 0.102. The molecule has 8 nitrogen and oxygen atoms in total. The summed E-state index contributed by atoms with van der Waals surface area (Å²) in [4.78, 5) is 36.4. The van der Waals surface area contributed by atoms with Crippen LogP contribution >= 0.6 is 0 Å². The molecule has 8 heteroatoms. The van der Waals surface area contributed by atoms with Crippen LogP contribution in [0.2, 0.25) is 0 Å². The number of hydrogen-bond acceptors (Lipinski definition) is 5. The predicted molar refractivity (Wildman–Crippen MR) is 94.9 cm³/mol. The van der Waals surface area contributed by atoms with Crippen LogP contribution in [0, 0.1) is 0 Å². The van der Waals surface area contributed by atoms with E-state index in [9.17, 15) is 14.4 Å². The molecule has 3 aromatic rings. The van der Waals surface area contributed by atoms with Gasteiger partial charge in [0.15, 0.2) is 11.5 Å². The summed E-state index contributed by atoms with van der Waals surface area (Å²) in [6.07, 6.45) is 0. The molecular formula is C18H15N3O5. The van der Waals surface area contributed by atoms with Gasteiger partial charge in [0.05, 0.1) is 11.0 Å². The van der Waals surface area contributed by atoms with E-state index in [1.165, 1.54) is 23.2 Å². The van der Waals surface area contributed by atoms with Crippen LogP contribution in [0.4, 0.5) is 5.69 Å². The number of carbonyl (C=O) groups excluding carboxylic acids is 1. The molecule has 1 N–H and O–H groups in total. The van der Waals surface area contributed by atoms with Gasteiger partial charge in [0.1, 0.15) is 0 Å². The SMILES string of the molecule is Cn1c(=O)c(=O)n(C)c2cc(NC(=O)c3ccc4c(c3)OCO4)ccc21. The van der Waals surface area contributed by atoms with Crippen molar-refractivity contribution in [3.8, 4) is 11.5 Å². The number of benzene rings is 2. The molecule has 1 amide bonds. The molecule has 0 spiro atoms. The molecule has 0 atom stereocenters. The van der Waals surface area contributed by atoms with Crippen molar-refractivity contribution in [3.63, 3.8) is 0 Å². The Hall–Kier alpha value is -3.55. The Morgan fingerprint density at radius 2 is 1.62 bits per heavy atom. The third-order valence-electron chi connectivity index (χ3n) is 4.38. The van der Waals surface area contributed by atoms with Gasteiger partial charge in [0, 0.05) is 25.3 Å². The van der Waals surface area contributed by atoms with Crippen molar-refractivity contribution in [1.82, 2.24) is 9.13 Å². The molecule has 0 saturated carbocycles. The molecule has 0 radical (unpaired) electrons. The first-order valence-electron chi connectivity index (χ1n) is 7.86. The average molecular weight is 353 g/mol. The molecule has 0 unspecified atom stereocenters. The van der Waals surface area contributed by atoms with Gasteiger partial charge in [0.25, 0.3) is 5.91 Å².